The van der Waals surface area contributed by atoms with Crippen molar-refractivity contribution in [2.45, 2.75) is 44.7 Å². The Morgan fingerprint density at radius 1 is 1.27 bits per heavy atom. The smallest absolute Gasteiger partial charge is 0.243 e. The molecular formula is C20H31N7O2S. The number of benzene rings is 1. The van der Waals surface area contributed by atoms with Gasteiger partial charge in [-0.1, -0.05) is 19.1 Å². The Kier molecular flexibility index (Phi) is 7.43. The van der Waals surface area contributed by atoms with E-state index in [4.69, 9.17) is 0 Å². The van der Waals surface area contributed by atoms with Gasteiger partial charge in [-0.3, -0.25) is 4.68 Å². The third-order valence-electron chi connectivity index (χ3n) is 5.16. The zero-order chi connectivity index (χ0) is 21.6. The number of aliphatic imine (C=N–C) groups is 1. The molecule has 0 spiro atoms. The molecule has 1 aliphatic rings. The lowest BCUT2D eigenvalue weighted by atomic mass is 10.0. The predicted molar refractivity (Wildman–Crippen MR) is 116 cm³/mol. The van der Waals surface area contributed by atoms with Gasteiger partial charge in [0.25, 0.3) is 0 Å². The first kappa shape index (κ1) is 22.2. The minimum Gasteiger partial charge on any atom is -0.357 e. The second-order valence-electron chi connectivity index (χ2n) is 7.60. The number of rotatable bonds is 7. The van der Waals surface area contributed by atoms with Crippen LogP contribution in [0.2, 0.25) is 0 Å². The third kappa shape index (κ3) is 5.57. The maximum Gasteiger partial charge on any atom is 0.243 e. The van der Waals surface area contributed by atoms with Gasteiger partial charge < -0.3 is 10.6 Å². The second-order valence-corrected chi connectivity index (χ2v) is 9.54. The Balaban J connectivity index is 1.63. The van der Waals surface area contributed by atoms with Gasteiger partial charge in [0.1, 0.15) is 12.2 Å². The minimum absolute atomic E-state index is 0.344. The highest BCUT2D eigenvalue weighted by Gasteiger charge is 2.28. The van der Waals surface area contributed by atoms with Gasteiger partial charge in [0.2, 0.25) is 10.0 Å². The van der Waals surface area contributed by atoms with Crippen molar-refractivity contribution in [3.63, 3.8) is 0 Å². The summed E-state index contributed by atoms with van der Waals surface area (Å²) in [5.41, 5.74) is 0.942. The maximum atomic E-state index is 12.9. The lowest BCUT2D eigenvalue weighted by Crippen LogP contribution is -2.39. The van der Waals surface area contributed by atoms with Crippen LogP contribution in [0, 0.1) is 5.92 Å². The van der Waals surface area contributed by atoms with Gasteiger partial charge in [-0.2, -0.15) is 9.40 Å². The van der Waals surface area contributed by atoms with Crippen LogP contribution in [0.3, 0.4) is 0 Å². The van der Waals surface area contributed by atoms with E-state index in [0.717, 1.165) is 30.8 Å². The van der Waals surface area contributed by atoms with Crippen LogP contribution in [0.5, 0.6) is 0 Å². The van der Waals surface area contributed by atoms with Crippen molar-refractivity contribution in [1.82, 2.24) is 29.7 Å². The van der Waals surface area contributed by atoms with E-state index in [1.54, 1.807) is 21.1 Å². The summed E-state index contributed by atoms with van der Waals surface area (Å²) in [6.07, 6.45) is 3.52. The molecule has 164 valence electrons. The fourth-order valence-electron chi connectivity index (χ4n) is 3.44. The molecule has 0 saturated carbocycles. The summed E-state index contributed by atoms with van der Waals surface area (Å²) in [6.45, 7) is 6.97. The van der Waals surface area contributed by atoms with Gasteiger partial charge in [0.15, 0.2) is 5.96 Å². The van der Waals surface area contributed by atoms with Gasteiger partial charge in [-0.15, -0.1) is 0 Å². The minimum atomic E-state index is -3.43. The highest BCUT2D eigenvalue weighted by molar-refractivity contribution is 7.89. The standard InChI is InChI=1S/C20H31N7O2S/c1-4-21-20(23-13-19-24-15-25-26(19)3)22-12-17-7-9-18(10-8-17)30(28,29)27-11-5-6-16(2)14-27/h7-10,15-16H,4-6,11-14H2,1-3H3,(H2,21,22,23). The molecule has 2 heterocycles. The van der Waals surface area contributed by atoms with Crippen LogP contribution >= 0.6 is 0 Å². The number of sulfonamides is 1. The number of nitrogens with one attached hydrogen (secondary N) is 2. The number of piperidine rings is 1. The fourth-order valence-corrected chi connectivity index (χ4v) is 5.03. The summed E-state index contributed by atoms with van der Waals surface area (Å²) in [7, 11) is -1.59. The van der Waals surface area contributed by atoms with Crippen molar-refractivity contribution in [3.05, 3.63) is 42.0 Å². The normalized spacial score (nSPS) is 18.4. The van der Waals surface area contributed by atoms with Crippen LogP contribution in [0.4, 0.5) is 0 Å². The van der Waals surface area contributed by atoms with Crippen molar-refractivity contribution >= 4 is 16.0 Å². The topological polar surface area (TPSA) is 105 Å². The van der Waals surface area contributed by atoms with Gasteiger partial charge in [0.05, 0.1) is 18.0 Å². The van der Waals surface area contributed by atoms with Gasteiger partial charge in [0, 0.05) is 26.7 Å². The van der Waals surface area contributed by atoms with Crippen molar-refractivity contribution in [3.8, 4) is 0 Å². The molecular weight excluding hydrogens is 402 g/mol. The summed E-state index contributed by atoms with van der Waals surface area (Å²) in [5, 5.41) is 10.5. The Morgan fingerprint density at radius 2 is 2.03 bits per heavy atom. The molecule has 1 unspecified atom stereocenters. The molecule has 0 amide bonds. The number of guanidine groups is 1. The average Bonchev–Trinajstić information content (AvgIpc) is 3.15. The van der Waals surface area contributed by atoms with E-state index in [0.29, 0.717) is 43.0 Å². The second kappa shape index (κ2) is 10.0. The summed E-state index contributed by atoms with van der Waals surface area (Å²) in [6, 6.07) is 7.02. The summed E-state index contributed by atoms with van der Waals surface area (Å²) < 4.78 is 29.1. The number of aromatic nitrogens is 3. The first-order valence-corrected chi connectivity index (χ1v) is 11.8. The fraction of sp³-hybridized carbons (Fsp3) is 0.550. The van der Waals surface area contributed by atoms with Crippen LogP contribution in [0.1, 0.15) is 38.1 Å². The number of aryl methyl sites for hydroxylation is 1. The first-order chi connectivity index (χ1) is 14.4. The number of hydrogen-bond acceptors (Lipinski definition) is 5. The molecule has 1 saturated heterocycles. The molecule has 2 aromatic rings. The first-order valence-electron chi connectivity index (χ1n) is 10.3. The summed E-state index contributed by atoms with van der Waals surface area (Å²) >= 11 is 0. The quantitative estimate of drug-likeness (QED) is 0.506. The Bertz CT molecular complexity index is 954. The van der Waals surface area contributed by atoms with Gasteiger partial charge >= 0.3 is 0 Å². The van der Waals surface area contributed by atoms with E-state index in [1.807, 2.05) is 26.1 Å². The van der Waals surface area contributed by atoms with Crippen molar-refractivity contribution in [2.75, 3.05) is 19.6 Å². The molecule has 1 fully saturated rings. The van der Waals surface area contributed by atoms with Crippen molar-refractivity contribution in [2.24, 2.45) is 18.0 Å². The third-order valence-corrected chi connectivity index (χ3v) is 7.04. The van der Waals surface area contributed by atoms with E-state index >= 15 is 0 Å². The van der Waals surface area contributed by atoms with E-state index in [-0.39, 0.29) is 0 Å². The molecule has 0 radical (unpaired) electrons. The zero-order valence-electron chi connectivity index (χ0n) is 17.9. The molecule has 0 bridgehead atoms. The molecule has 30 heavy (non-hydrogen) atoms. The highest BCUT2D eigenvalue weighted by atomic mass is 32.2. The van der Waals surface area contributed by atoms with Crippen molar-refractivity contribution in [1.29, 1.82) is 0 Å². The predicted octanol–water partition coefficient (Wildman–Crippen LogP) is 1.49. The SMILES string of the molecule is CCNC(=NCc1ccc(S(=O)(=O)N2CCCC(C)C2)cc1)NCc1ncnn1C. The largest absolute Gasteiger partial charge is 0.357 e. The van der Waals surface area contributed by atoms with Gasteiger partial charge in [-0.05, 0) is 43.4 Å². The van der Waals surface area contributed by atoms with E-state index in [2.05, 4.69) is 32.6 Å². The lowest BCUT2D eigenvalue weighted by Gasteiger charge is -2.30. The Hall–Kier alpha value is -2.46. The van der Waals surface area contributed by atoms with Crippen LogP contribution in [0.25, 0.3) is 0 Å². The van der Waals surface area contributed by atoms with Gasteiger partial charge in [-0.25, -0.2) is 18.4 Å². The molecule has 1 aromatic carbocycles. The number of nitrogens with zero attached hydrogens (tertiary/aromatic N) is 5. The van der Waals surface area contributed by atoms with Crippen LogP contribution < -0.4 is 10.6 Å². The lowest BCUT2D eigenvalue weighted by molar-refractivity contribution is 0.281. The molecule has 1 atom stereocenters. The molecule has 9 nitrogen and oxygen atoms in total. The van der Waals surface area contributed by atoms with Crippen LogP contribution in [-0.4, -0.2) is 53.1 Å². The zero-order valence-corrected chi connectivity index (χ0v) is 18.7. The van der Waals surface area contributed by atoms with E-state index in [9.17, 15) is 8.42 Å². The average molecular weight is 434 g/mol. The van der Waals surface area contributed by atoms with E-state index in [1.165, 1.54) is 6.33 Å². The molecule has 1 aliphatic heterocycles. The molecule has 10 heteroatoms. The van der Waals surface area contributed by atoms with Crippen LogP contribution in [0.15, 0.2) is 40.5 Å². The van der Waals surface area contributed by atoms with E-state index < -0.39 is 10.0 Å². The maximum absolute atomic E-state index is 12.9. The monoisotopic (exact) mass is 433 g/mol. The molecule has 2 N–H and O–H groups in total. The van der Waals surface area contributed by atoms with Crippen LogP contribution in [-0.2, 0) is 30.2 Å². The Labute approximate surface area is 178 Å². The van der Waals surface area contributed by atoms with Crippen molar-refractivity contribution < 1.29 is 8.42 Å². The molecule has 3 rings (SSSR count). The molecule has 0 aliphatic carbocycles. The molecule has 1 aromatic heterocycles. The Morgan fingerprint density at radius 3 is 2.67 bits per heavy atom. The summed E-state index contributed by atoms with van der Waals surface area (Å²) in [5.74, 6) is 1.88. The summed E-state index contributed by atoms with van der Waals surface area (Å²) in [4.78, 5) is 9.11. The highest BCUT2D eigenvalue weighted by Crippen LogP contribution is 2.23. The number of hydrogen-bond donors (Lipinski definition) is 2.